The number of ether oxygens (including phenoxy) is 1. The van der Waals surface area contributed by atoms with Gasteiger partial charge in [0.15, 0.2) is 0 Å². The van der Waals surface area contributed by atoms with Gasteiger partial charge in [-0.2, -0.15) is 12.6 Å². The van der Waals surface area contributed by atoms with Crippen molar-refractivity contribution in [3.05, 3.63) is 0 Å². The second-order valence-electron chi connectivity index (χ2n) is 5.30. The second-order valence-corrected chi connectivity index (χ2v) is 5.67. The van der Waals surface area contributed by atoms with Crippen molar-refractivity contribution in [2.24, 2.45) is 0 Å². The van der Waals surface area contributed by atoms with Crippen molar-refractivity contribution < 1.29 is 19.2 Å². The zero-order valence-electron chi connectivity index (χ0n) is 12.9. The molecule has 0 rings (SSSR count). The Labute approximate surface area is 127 Å². The third-order valence-electron chi connectivity index (χ3n) is 3.08. The summed E-state index contributed by atoms with van der Waals surface area (Å²) in [6.07, 6.45) is 5.99. The quantitative estimate of drug-likeness (QED) is 0.287. The summed E-state index contributed by atoms with van der Waals surface area (Å²) in [5, 5.41) is 2.64. The lowest BCUT2D eigenvalue weighted by atomic mass is 10.1. The first-order valence-corrected chi connectivity index (χ1v) is 7.91. The monoisotopic (exact) mass is 305 g/mol. The van der Waals surface area contributed by atoms with Crippen molar-refractivity contribution in [2.45, 2.75) is 44.6 Å². The van der Waals surface area contributed by atoms with Crippen LogP contribution in [-0.2, 0) is 14.3 Å². The number of esters is 1. The first-order valence-electron chi connectivity index (χ1n) is 7.28. The molecule has 0 fully saturated rings. The number of quaternary nitrogens is 1. The lowest BCUT2D eigenvalue weighted by Gasteiger charge is -2.13. The molecule has 5 nitrogen and oxygen atoms in total. The fourth-order valence-corrected chi connectivity index (χ4v) is 2.12. The zero-order valence-corrected chi connectivity index (χ0v) is 13.8. The first kappa shape index (κ1) is 19.2. The Kier molecular flexibility index (Phi) is 11.6. The first-order chi connectivity index (χ1) is 9.51. The fraction of sp³-hybridized carbons (Fsp3) is 0.857. The number of amides is 1. The molecule has 0 aliphatic rings. The number of unbranched alkanes of at least 4 members (excludes halogenated alkanes) is 4. The smallest absolute Gasteiger partial charge is 0.329 e. The van der Waals surface area contributed by atoms with E-state index in [1.54, 1.807) is 0 Å². The van der Waals surface area contributed by atoms with Gasteiger partial charge in [-0.05, 0) is 19.3 Å². The summed E-state index contributed by atoms with van der Waals surface area (Å²) >= 11 is 4.03. The Hall–Kier alpha value is -0.750. The third-order valence-corrected chi connectivity index (χ3v) is 3.45. The predicted octanol–water partition coefficient (Wildman–Crippen LogP) is 0.0591. The Morgan fingerprint density at radius 2 is 1.75 bits per heavy atom. The van der Waals surface area contributed by atoms with Gasteiger partial charge in [-0.25, -0.2) is 4.79 Å². The summed E-state index contributed by atoms with van der Waals surface area (Å²) in [5.74, 6) is -0.294. The van der Waals surface area contributed by atoms with E-state index in [1.165, 1.54) is 31.4 Å². The second kappa shape index (κ2) is 12.0. The molecule has 6 heteroatoms. The summed E-state index contributed by atoms with van der Waals surface area (Å²) < 4.78 is 4.59. The topological polar surface area (TPSA) is 59.8 Å². The molecule has 1 unspecified atom stereocenters. The molecule has 0 aromatic rings. The van der Waals surface area contributed by atoms with Crippen LogP contribution in [0.5, 0.6) is 0 Å². The van der Waals surface area contributed by atoms with E-state index in [9.17, 15) is 9.59 Å². The average molecular weight is 305 g/mol. The summed E-state index contributed by atoms with van der Waals surface area (Å²) in [6, 6.07) is -0.640. The molecule has 0 radical (unpaired) electrons. The SMILES string of the molecule is COC(=O)C(CS)NC(=O)CCCCCCC[NH+](C)C. The van der Waals surface area contributed by atoms with Crippen molar-refractivity contribution in [2.75, 3.05) is 33.5 Å². The highest BCUT2D eigenvalue weighted by Crippen LogP contribution is 2.05. The van der Waals surface area contributed by atoms with E-state index in [0.29, 0.717) is 6.42 Å². The lowest BCUT2D eigenvalue weighted by Crippen LogP contribution is -3.05. The molecule has 1 amide bonds. The highest BCUT2D eigenvalue weighted by Gasteiger charge is 2.19. The molecule has 0 heterocycles. The van der Waals surface area contributed by atoms with Gasteiger partial charge in [0.1, 0.15) is 6.04 Å². The molecule has 0 saturated heterocycles. The third kappa shape index (κ3) is 10.1. The maximum Gasteiger partial charge on any atom is 0.329 e. The number of nitrogens with one attached hydrogen (secondary N) is 2. The minimum Gasteiger partial charge on any atom is -0.467 e. The van der Waals surface area contributed by atoms with Crippen LogP contribution in [0.15, 0.2) is 0 Å². The molecule has 0 aromatic carbocycles. The van der Waals surface area contributed by atoms with Crippen LogP contribution in [0.2, 0.25) is 0 Å². The van der Waals surface area contributed by atoms with Crippen LogP contribution < -0.4 is 10.2 Å². The lowest BCUT2D eigenvalue weighted by molar-refractivity contribution is -0.858. The maximum absolute atomic E-state index is 11.7. The number of thiol groups is 1. The zero-order chi connectivity index (χ0) is 15.4. The van der Waals surface area contributed by atoms with Crippen LogP contribution in [0.25, 0.3) is 0 Å². The Bertz CT molecular complexity index is 286. The van der Waals surface area contributed by atoms with Gasteiger partial charge in [0.25, 0.3) is 0 Å². The molecule has 20 heavy (non-hydrogen) atoms. The molecule has 2 N–H and O–H groups in total. The number of hydrogen-bond donors (Lipinski definition) is 3. The minimum atomic E-state index is -0.640. The summed E-state index contributed by atoms with van der Waals surface area (Å²) in [5.41, 5.74) is 0. The van der Waals surface area contributed by atoms with E-state index in [1.807, 2.05) is 0 Å². The van der Waals surface area contributed by atoms with E-state index < -0.39 is 12.0 Å². The molecule has 0 spiro atoms. The highest BCUT2D eigenvalue weighted by atomic mass is 32.1. The van der Waals surface area contributed by atoms with Crippen molar-refractivity contribution in [1.82, 2.24) is 5.32 Å². The van der Waals surface area contributed by atoms with Crippen molar-refractivity contribution >= 4 is 24.5 Å². The summed E-state index contributed by atoms with van der Waals surface area (Å²) in [6.45, 7) is 1.20. The number of rotatable bonds is 11. The van der Waals surface area contributed by atoms with Crippen LogP contribution in [-0.4, -0.2) is 51.4 Å². The van der Waals surface area contributed by atoms with Crippen LogP contribution in [0.1, 0.15) is 38.5 Å². The molecular formula is C14H29N2O3S+. The summed E-state index contributed by atoms with van der Waals surface area (Å²) in [7, 11) is 5.62. The van der Waals surface area contributed by atoms with Gasteiger partial charge in [-0.1, -0.05) is 12.8 Å². The van der Waals surface area contributed by atoms with Gasteiger partial charge < -0.3 is 15.0 Å². The molecular weight excluding hydrogens is 276 g/mol. The Balaban J connectivity index is 3.60. The molecule has 118 valence electrons. The number of hydrogen-bond acceptors (Lipinski definition) is 4. The number of carbonyl (C=O) groups excluding carboxylic acids is 2. The molecule has 0 saturated carbocycles. The minimum absolute atomic E-state index is 0.104. The van der Waals surface area contributed by atoms with Crippen LogP contribution in [0, 0.1) is 0 Å². The molecule has 1 atom stereocenters. The van der Waals surface area contributed by atoms with Gasteiger partial charge in [-0.3, -0.25) is 4.79 Å². The van der Waals surface area contributed by atoms with Crippen molar-refractivity contribution in [3.63, 3.8) is 0 Å². The van der Waals surface area contributed by atoms with Gasteiger partial charge in [-0.15, -0.1) is 0 Å². The van der Waals surface area contributed by atoms with Gasteiger partial charge in [0, 0.05) is 12.2 Å². The normalized spacial score (nSPS) is 12.2. The highest BCUT2D eigenvalue weighted by molar-refractivity contribution is 7.80. The van der Waals surface area contributed by atoms with Crippen molar-refractivity contribution in [3.8, 4) is 0 Å². The largest absolute Gasteiger partial charge is 0.467 e. The average Bonchev–Trinajstić information content (AvgIpc) is 2.42. The Morgan fingerprint density at radius 3 is 2.30 bits per heavy atom. The Morgan fingerprint density at radius 1 is 1.15 bits per heavy atom. The van der Waals surface area contributed by atoms with E-state index in [0.717, 1.165) is 19.3 Å². The van der Waals surface area contributed by atoms with Gasteiger partial charge >= 0.3 is 5.97 Å². The van der Waals surface area contributed by atoms with Crippen LogP contribution in [0.3, 0.4) is 0 Å². The predicted molar refractivity (Wildman–Crippen MR) is 83.2 cm³/mol. The molecule has 0 aromatic heterocycles. The van der Waals surface area contributed by atoms with E-state index >= 15 is 0 Å². The molecule has 0 aliphatic heterocycles. The van der Waals surface area contributed by atoms with Crippen LogP contribution >= 0.6 is 12.6 Å². The van der Waals surface area contributed by atoms with E-state index in [-0.39, 0.29) is 11.7 Å². The van der Waals surface area contributed by atoms with Gasteiger partial charge in [0.2, 0.25) is 5.91 Å². The number of methoxy groups -OCH3 is 1. The molecule has 0 aliphatic carbocycles. The summed E-state index contributed by atoms with van der Waals surface area (Å²) in [4.78, 5) is 24.4. The van der Waals surface area contributed by atoms with Crippen molar-refractivity contribution in [1.29, 1.82) is 0 Å². The van der Waals surface area contributed by atoms with E-state index in [2.05, 4.69) is 36.8 Å². The fourth-order valence-electron chi connectivity index (χ4n) is 1.88. The maximum atomic E-state index is 11.7. The van der Waals surface area contributed by atoms with Crippen LogP contribution in [0.4, 0.5) is 0 Å². The number of carbonyl (C=O) groups is 2. The van der Waals surface area contributed by atoms with Gasteiger partial charge in [0.05, 0.1) is 27.7 Å². The standard InChI is InChI=1S/C14H28N2O3S/c1-16(2)10-8-6-4-5-7-9-13(17)15-12(11-20)14(18)19-3/h12,20H,4-11H2,1-3H3,(H,15,17)/p+1. The van der Waals surface area contributed by atoms with E-state index in [4.69, 9.17) is 0 Å². The molecule has 0 bridgehead atoms.